The Hall–Kier alpha value is -3.14. The number of H-pyrrole nitrogens is 1. The Labute approximate surface area is 175 Å². The molecular formula is C20H29N5O5. The van der Waals surface area contributed by atoms with Crippen LogP contribution in [-0.2, 0) is 16.0 Å². The number of aromatic amines is 1. The molecule has 1 atom stereocenters. The summed E-state index contributed by atoms with van der Waals surface area (Å²) in [7, 11) is 1.54. The van der Waals surface area contributed by atoms with Gasteiger partial charge < -0.3 is 25.2 Å². The van der Waals surface area contributed by atoms with Crippen molar-refractivity contribution in [1.29, 1.82) is 0 Å². The van der Waals surface area contributed by atoms with Gasteiger partial charge in [-0.3, -0.25) is 9.89 Å². The quantitative estimate of drug-likeness (QED) is 0.584. The van der Waals surface area contributed by atoms with Gasteiger partial charge in [-0.15, -0.1) is 0 Å². The summed E-state index contributed by atoms with van der Waals surface area (Å²) in [6.45, 7) is 6.15. The number of carbonyl (C=O) groups is 2. The molecule has 0 aromatic carbocycles. The van der Waals surface area contributed by atoms with Crippen LogP contribution in [0.5, 0.6) is 5.88 Å². The van der Waals surface area contributed by atoms with Crippen molar-refractivity contribution in [1.82, 2.24) is 20.5 Å². The summed E-state index contributed by atoms with van der Waals surface area (Å²) in [5.74, 6) is 0.862. The number of carboxylic acid groups (broad SMARTS) is 1. The zero-order valence-corrected chi connectivity index (χ0v) is 17.7. The molecule has 2 aromatic rings. The van der Waals surface area contributed by atoms with E-state index >= 15 is 0 Å². The van der Waals surface area contributed by atoms with Gasteiger partial charge in [0.2, 0.25) is 11.8 Å². The van der Waals surface area contributed by atoms with Crippen LogP contribution < -0.4 is 15.4 Å². The van der Waals surface area contributed by atoms with Gasteiger partial charge in [0.15, 0.2) is 5.82 Å². The molecule has 2 aromatic heterocycles. The van der Waals surface area contributed by atoms with E-state index in [9.17, 15) is 9.59 Å². The van der Waals surface area contributed by atoms with Gasteiger partial charge in [0.05, 0.1) is 25.3 Å². The third kappa shape index (κ3) is 8.08. The molecule has 0 radical (unpaired) electrons. The van der Waals surface area contributed by atoms with Crippen LogP contribution in [0.3, 0.4) is 0 Å². The molecule has 0 aliphatic carbocycles. The number of rotatable bonds is 5. The topological polar surface area (TPSA) is 138 Å². The molecule has 3 heterocycles. The van der Waals surface area contributed by atoms with Crippen LogP contribution in [0.1, 0.15) is 51.0 Å². The average Bonchev–Trinajstić information content (AvgIpc) is 3.31. The Bertz CT molecular complexity index is 840. The molecule has 1 fully saturated rings. The van der Waals surface area contributed by atoms with Crippen LogP contribution in [0.4, 0.5) is 10.6 Å². The summed E-state index contributed by atoms with van der Waals surface area (Å²) >= 11 is 0. The molecule has 10 nitrogen and oxygen atoms in total. The third-order valence-corrected chi connectivity index (χ3v) is 4.00. The molecule has 0 saturated carbocycles. The van der Waals surface area contributed by atoms with E-state index in [2.05, 4.69) is 25.8 Å². The van der Waals surface area contributed by atoms with Gasteiger partial charge in [-0.1, -0.05) is 0 Å². The molecule has 4 N–H and O–H groups in total. The normalized spacial score (nSPS) is 15.7. The fraction of sp³-hybridized carbons (Fsp3) is 0.500. The van der Waals surface area contributed by atoms with Crippen molar-refractivity contribution in [3.63, 3.8) is 0 Å². The summed E-state index contributed by atoms with van der Waals surface area (Å²) in [5, 5.41) is 20.2. The van der Waals surface area contributed by atoms with E-state index in [1.165, 1.54) is 0 Å². The summed E-state index contributed by atoms with van der Waals surface area (Å²) in [6, 6.07) is 5.34. The first kappa shape index (κ1) is 23.1. The number of hydrogen-bond acceptors (Lipinski definition) is 6. The van der Waals surface area contributed by atoms with Crippen LogP contribution in [0.15, 0.2) is 24.4 Å². The lowest BCUT2D eigenvalue weighted by Gasteiger charge is -2.16. The third-order valence-electron chi connectivity index (χ3n) is 4.00. The number of nitrogens with one attached hydrogen (secondary N) is 3. The first-order valence-corrected chi connectivity index (χ1v) is 9.63. The Morgan fingerprint density at radius 2 is 2.13 bits per heavy atom. The standard InChI is InChI=1S/C15H18N4O3.C5H11NO2/c1-21-15-8-10(4-5-16-15)7-14(20)17-13-9-11(18-19-13)12-3-2-6-22-12;1-5(2,3)6-4(7)8/h4-5,8-9,12H,2-3,6-7H2,1H3,(H2,17,18,19,20);6H,1-3H3,(H,7,8)/t12-;/m0./s1. The van der Waals surface area contributed by atoms with Gasteiger partial charge in [-0.05, 0) is 45.2 Å². The maximum atomic E-state index is 12.1. The Morgan fingerprint density at radius 3 is 2.70 bits per heavy atom. The minimum atomic E-state index is -0.975. The summed E-state index contributed by atoms with van der Waals surface area (Å²) in [5.41, 5.74) is 1.41. The van der Waals surface area contributed by atoms with Crippen molar-refractivity contribution < 1.29 is 24.2 Å². The van der Waals surface area contributed by atoms with Crippen LogP contribution in [0.2, 0.25) is 0 Å². The highest BCUT2D eigenvalue weighted by Crippen LogP contribution is 2.28. The van der Waals surface area contributed by atoms with E-state index in [-0.39, 0.29) is 24.0 Å². The number of pyridine rings is 1. The zero-order valence-electron chi connectivity index (χ0n) is 17.7. The highest BCUT2D eigenvalue weighted by atomic mass is 16.5. The molecule has 164 valence electrons. The van der Waals surface area contributed by atoms with E-state index < -0.39 is 6.09 Å². The molecule has 1 aliphatic heterocycles. The number of hydrogen-bond donors (Lipinski definition) is 4. The van der Waals surface area contributed by atoms with Gasteiger partial charge in [0.1, 0.15) is 0 Å². The second-order valence-electron chi connectivity index (χ2n) is 7.82. The molecule has 3 rings (SSSR count). The molecule has 30 heavy (non-hydrogen) atoms. The predicted molar refractivity (Wildman–Crippen MR) is 111 cm³/mol. The second kappa shape index (κ2) is 10.6. The predicted octanol–water partition coefficient (Wildman–Crippen LogP) is 2.90. The lowest BCUT2D eigenvalue weighted by molar-refractivity contribution is -0.115. The van der Waals surface area contributed by atoms with Gasteiger partial charge in [0, 0.05) is 30.5 Å². The van der Waals surface area contributed by atoms with E-state index in [1.54, 1.807) is 46.2 Å². The zero-order chi connectivity index (χ0) is 22.1. The number of methoxy groups -OCH3 is 1. The highest BCUT2D eigenvalue weighted by molar-refractivity contribution is 5.91. The number of ether oxygens (including phenoxy) is 2. The van der Waals surface area contributed by atoms with Crippen molar-refractivity contribution in [3.05, 3.63) is 35.7 Å². The Kier molecular flexibility index (Phi) is 8.16. The largest absolute Gasteiger partial charge is 0.481 e. The first-order valence-electron chi connectivity index (χ1n) is 9.63. The Balaban J connectivity index is 0.000000343. The fourth-order valence-corrected chi connectivity index (χ4v) is 2.75. The lowest BCUT2D eigenvalue weighted by Crippen LogP contribution is -2.39. The molecule has 1 saturated heterocycles. The van der Waals surface area contributed by atoms with Crippen LogP contribution in [0, 0.1) is 0 Å². The monoisotopic (exact) mass is 419 g/mol. The summed E-state index contributed by atoms with van der Waals surface area (Å²) < 4.78 is 10.6. The van der Waals surface area contributed by atoms with E-state index in [1.807, 2.05) is 6.07 Å². The average molecular weight is 419 g/mol. The van der Waals surface area contributed by atoms with Crippen LogP contribution in [-0.4, -0.2) is 51.5 Å². The minimum Gasteiger partial charge on any atom is -0.481 e. The number of anilines is 1. The van der Waals surface area contributed by atoms with Crippen LogP contribution in [0.25, 0.3) is 0 Å². The molecule has 2 amide bonds. The van der Waals surface area contributed by atoms with Crippen molar-refractivity contribution in [3.8, 4) is 5.88 Å². The van der Waals surface area contributed by atoms with Crippen molar-refractivity contribution in [2.75, 3.05) is 19.0 Å². The smallest absolute Gasteiger partial charge is 0.405 e. The summed E-state index contributed by atoms with van der Waals surface area (Å²) in [6.07, 6.45) is 2.97. The van der Waals surface area contributed by atoms with E-state index in [0.29, 0.717) is 11.7 Å². The number of nitrogens with zero attached hydrogens (tertiary/aromatic N) is 2. The van der Waals surface area contributed by atoms with Crippen molar-refractivity contribution in [2.45, 2.75) is 51.7 Å². The van der Waals surface area contributed by atoms with Crippen molar-refractivity contribution >= 4 is 17.8 Å². The number of aromatic nitrogens is 3. The van der Waals surface area contributed by atoms with Gasteiger partial charge in [-0.2, -0.15) is 5.10 Å². The maximum Gasteiger partial charge on any atom is 0.405 e. The molecule has 0 bridgehead atoms. The highest BCUT2D eigenvalue weighted by Gasteiger charge is 2.20. The number of carbonyl (C=O) groups excluding carboxylic acids is 1. The molecule has 0 unspecified atom stereocenters. The fourth-order valence-electron chi connectivity index (χ4n) is 2.75. The molecule has 10 heteroatoms. The van der Waals surface area contributed by atoms with Crippen molar-refractivity contribution in [2.24, 2.45) is 0 Å². The second-order valence-corrected chi connectivity index (χ2v) is 7.82. The maximum absolute atomic E-state index is 12.1. The number of amides is 2. The minimum absolute atomic E-state index is 0.0580. The lowest BCUT2D eigenvalue weighted by atomic mass is 10.1. The summed E-state index contributed by atoms with van der Waals surface area (Å²) in [4.78, 5) is 26.0. The van der Waals surface area contributed by atoms with E-state index in [4.69, 9.17) is 14.6 Å². The van der Waals surface area contributed by atoms with Gasteiger partial charge >= 0.3 is 6.09 Å². The Morgan fingerprint density at radius 1 is 1.37 bits per heavy atom. The first-order chi connectivity index (χ1) is 14.2. The molecule has 0 spiro atoms. The SMILES string of the molecule is CC(C)(C)NC(=O)O.COc1cc(CC(=O)Nc2cc([C@@H]3CCCO3)[nH]n2)ccn1. The van der Waals surface area contributed by atoms with Gasteiger partial charge in [0.25, 0.3) is 0 Å². The molecule has 1 aliphatic rings. The van der Waals surface area contributed by atoms with Gasteiger partial charge in [-0.25, -0.2) is 9.78 Å². The molecular weight excluding hydrogens is 390 g/mol. The van der Waals surface area contributed by atoms with Crippen LogP contribution >= 0.6 is 0 Å². The van der Waals surface area contributed by atoms with E-state index in [0.717, 1.165) is 30.7 Å².